The number of carbonyl (C=O) groups is 2. The molecule has 0 N–H and O–H groups in total. The van der Waals surface area contributed by atoms with Crippen LogP contribution in [0.2, 0.25) is 0 Å². The zero-order valence-electron chi connectivity index (χ0n) is 28.4. The van der Waals surface area contributed by atoms with Crippen LogP contribution in [0, 0.1) is 0 Å². The minimum atomic E-state index is -4.83. The summed E-state index contributed by atoms with van der Waals surface area (Å²) in [5.74, 6) is -1.68. The monoisotopic (exact) mass is 656 g/mol. The van der Waals surface area contributed by atoms with Gasteiger partial charge in [0.1, 0.15) is 23.3 Å². The Balaban J connectivity index is 0.0000194. The molecule has 1 rings (SSSR count). The van der Waals surface area contributed by atoms with E-state index in [2.05, 4.69) is 13.8 Å². The summed E-state index contributed by atoms with van der Waals surface area (Å²) >= 11 is 0. The molecule has 1 aromatic rings. The molecule has 0 spiro atoms. The van der Waals surface area contributed by atoms with Gasteiger partial charge in [0.05, 0.1) is 16.0 Å². The molecule has 0 atom stereocenters. The van der Waals surface area contributed by atoms with Crippen molar-refractivity contribution < 1.29 is 61.6 Å². The van der Waals surface area contributed by atoms with Crippen molar-refractivity contribution in [2.45, 2.75) is 147 Å². The number of esters is 2. The van der Waals surface area contributed by atoms with E-state index in [4.69, 9.17) is 9.47 Å². The fourth-order valence-electron chi connectivity index (χ4n) is 4.95. The second kappa shape index (κ2) is 28.7. The first-order chi connectivity index (χ1) is 21.3. The van der Waals surface area contributed by atoms with Crippen LogP contribution < -0.4 is 29.6 Å². The Morgan fingerprint density at radius 3 is 1.38 bits per heavy atom. The van der Waals surface area contributed by atoms with Crippen molar-refractivity contribution in [2.24, 2.45) is 0 Å². The van der Waals surface area contributed by atoms with Gasteiger partial charge >= 0.3 is 41.5 Å². The summed E-state index contributed by atoms with van der Waals surface area (Å²) < 4.78 is 45.2. The normalized spacial score (nSPS) is 11.6. The molecule has 0 radical (unpaired) electrons. The Kier molecular flexibility index (Phi) is 27.8. The van der Waals surface area contributed by atoms with E-state index in [9.17, 15) is 22.6 Å². The minimum Gasteiger partial charge on any atom is -0.744 e. The molecule has 0 bridgehead atoms. The van der Waals surface area contributed by atoms with Crippen LogP contribution in [0.4, 0.5) is 0 Å². The molecule has 0 fully saturated rings. The first-order valence-corrected chi connectivity index (χ1v) is 18.5. The summed E-state index contributed by atoms with van der Waals surface area (Å²) in [7, 11) is -4.83. The number of carbonyl (C=O) groups excluding carboxylic acids is 2. The van der Waals surface area contributed by atoms with Crippen LogP contribution in [-0.2, 0) is 19.6 Å². The Labute approximate surface area is 296 Å². The zero-order valence-corrected chi connectivity index (χ0v) is 31.2. The summed E-state index contributed by atoms with van der Waals surface area (Å²) in [4.78, 5) is 24.9. The number of hydrogen-bond donors (Lipinski definition) is 0. The van der Waals surface area contributed by atoms with E-state index < -0.39 is 27.0 Å². The Hall–Kier alpha value is -1.45. The van der Waals surface area contributed by atoms with Gasteiger partial charge in [-0.3, -0.25) is 0 Å². The largest absolute Gasteiger partial charge is 1.00 e. The first-order valence-electron chi connectivity index (χ1n) is 17.0. The van der Waals surface area contributed by atoms with E-state index in [0.717, 1.165) is 50.3 Å². The molecule has 0 aromatic heterocycles. The van der Waals surface area contributed by atoms with Crippen LogP contribution >= 0.6 is 0 Å². The predicted octanol–water partition coefficient (Wildman–Crippen LogP) is 6.86. The van der Waals surface area contributed by atoms with Crippen LogP contribution in [0.25, 0.3) is 0 Å². The molecule has 45 heavy (non-hydrogen) atoms. The second-order valence-corrected chi connectivity index (χ2v) is 12.9. The van der Waals surface area contributed by atoms with Crippen molar-refractivity contribution in [3.05, 3.63) is 53.6 Å². The summed E-state index contributed by atoms with van der Waals surface area (Å²) in [5.41, 5.74) is -0.452. The van der Waals surface area contributed by atoms with Crippen molar-refractivity contribution in [1.29, 1.82) is 0 Å². The van der Waals surface area contributed by atoms with Gasteiger partial charge in [-0.25, -0.2) is 18.0 Å². The molecule has 7 nitrogen and oxygen atoms in total. The fourth-order valence-corrected chi connectivity index (χ4v) is 5.44. The molecule has 0 saturated heterocycles. The molecule has 0 aliphatic heterocycles. The molecule has 1 aromatic carbocycles. The Morgan fingerprint density at radius 2 is 0.978 bits per heavy atom. The summed E-state index contributed by atoms with van der Waals surface area (Å²) in [6, 6.07) is 3.00. The van der Waals surface area contributed by atoms with E-state index in [1.165, 1.54) is 96.3 Å². The molecule has 0 heterocycles. The van der Waals surface area contributed by atoms with Crippen molar-refractivity contribution in [1.82, 2.24) is 0 Å². The maximum Gasteiger partial charge on any atom is 1.00 e. The van der Waals surface area contributed by atoms with Gasteiger partial charge in [0.25, 0.3) is 0 Å². The van der Waals surface area contributed by atoms with E-state index in [-0.39, 0.29) is 53.9 Å². The summed E-state index contributed by atoms with van der Waals surface area (Å²) in [6.07, 6.45) is 31.7. The molecule has 0 unspecified atom stereocenters. The first kappa shape index (κ1) is 43.5. The van der Waals surface area contributed by atoms with E-state index in [1.807, 2.05) is 12.2 Å². The number of unbranched alkanes of at least 4 members (excludes halogenated alkanes) is 18. The van der Waals surface area contributed by atoms with Gasteiger partial charge in [0.15, 0.2) is 0 Å². The zero-order chi connectivity index (χ0) is 32.3. The number of rotatable bonds is 27. The van der Waals surface area contributed by atoms with E-state index in [0.29, 0.717) is 0 Å². The van der Waals surface area contributed by atoms with E-state index in [1.54, 1.807) is 12.2 Å². The van der Waals surface area contributed by atoms with Gasteiger partial charge in [-0.1, -0.05) is 141 Å². The van der Waals surface area contributed by atoms with Crippen molar-refractivity contribution in [2.75, 3.05) is 13.2 Å². The van der Waals surface area contributed by atoms with Gasteiger partial charge in [0, 0.05) is 0 Å². The second-order valence-electron chi connectivity index (χ2n) is 11.5. The number of hydrogen-bond acceptors (Lipinski definition) is 7. The number of allylic oxidation sites excluding steroid dienone is 2. The van der Waals surface area contributed by atoms with Crippen LogP contribution in [0.1, 0.15) is 163 Å². The minimum absolute atomic E-state index is 0. The van der Waals surface area contributed by atoms with Gasteiger partial charge in [-0.2, -0.15) is 0 Å². The average Bonchev–Trinajstić information content (AvgIpc) is 3.00. The third kappa shape index (κ3) is 22.7. The van der Waals surface area contributed by atoms with Crippen molar-refractivity contribution in [3.8, 4) is 0 Å². The maximum absolute atomic E-state index is 12.8. The molecule has 0 aliphatic carbocycles. The third-order valence-corrected chi connectivity index (χ3v) is 8.45. The predicted molar refractivity (Wildman–Crippen MR) is 177 cm³/mol. The van der Waals surface area contributed by atoms with Gasteiger partial charge < -0.3 is 14.0 Å². The van der Waals surface area contributed by atoms with Crippen molar-refractivity contribution in [3.63, 3.8) is 0 Å². The van der Waals surface area contributed by atoms with Crippen LogP contribution in [0.3, 0.4) is 0 Å². The summed E-state index contributed by atoms with van der Waals surface area (Å²) in [5, 5.41) is 0. The number of ether oxygens (including phenoxy) is 2. The van der Waals surface area contributed by atoms with Crippen LogP contribution in [0.15, 0.2) is 47.4 Å². The van der Waals surface area contributed by atoms with Gasteiger partial charge in [-0.05, 0) is 43.9 Å². The molecule has 0 amide bonds. The van der Waals surface area contributed by atoms with Gasteiger partial charge in [0.2, 0.25) is 0 Å². The SMILES string of the molecule is CCCCCCCCCCC/C=C/COC(=O)c1ccc(S(=O)(=O)[O-])cc1C(=O)OC/C=C/CCCCCCCCCCC.[Na+]. The van der Waals surface area contributed by atoms with Gasteiger partial charge in [-0.15, -0.1) is 0 Å². The third-order valence-electron chi connectivity index (χ3n) is 7.62. The van der Waals surface area contributed by atoms with Crippen LogP contribution in [-0.4, -0.2) is 38.1 Å². The standard InChI is InChI=1S/C36H58O7S.Na/c1-3-5-7-9-11-13-15-17-19-21-23-25-29-42-35(37)33-28-27-32(44(39,40)41)31-34(33)36(38)43-30-26-24-22-20-18-16-14-12-10-8-6-4-2;/h23-28,31H,3-22,29-30H2,1-2H3,(H,39,40,41);/q;+1/p-1/b25-23+,26-24+;. The maximum atomic E-state index is 12.8. The van der Waals surface area contributed by atoms with E-state index >= 15 is 0 Å². The Morgan fingerprint density at radius 1 is 0.600 bits per heavy atom. The van der Waals surface area contributed by atoms with Crippen LogP contribution in [0.5, 0.6) is 0 Å². The average molecular weight is 657 g/mol. The quantitative estimate of drug-likeness (QED) is 0.0335. The van der Waals surface area contributed by atoms with Crippen molar-refractivity contribution >= 4 is 22.1 Å². The molecule has 9 heteroatoms. The Bertz CT molecular complexity index is 1080. The molecule has 0 aliphatic rings. The molecular weight excluding hydrogens is 599 g/mol. The number of benzene rings is 1. The summed E-state index contributed by atoms with van der Waals surface area (Å²) in [6.45, 7) is 4.44. The topological polar surface area (TPSA) is 110 Å². The molecule has 250 valence electrons. The fraction of sp³-hybridized carbons (Fsp3) is 0.667. The molecule has 0 saturated carbocycles. The smallest absolute Gasteiger partial charge is 0.744 e. The molecular formula is C36H57NaO7S.